The summed E-state index contributed by atoms with van der Waals surface area (Å²) in [7, 11) is 0. The van der Waals surface area contributed by atoms with Crippen LogP contribution in [-0.4, -0.2) is 26.4 Å². The number of carbonyl (C=O) groups excluding carboxylic acids is 1. The number of anilines is 1. The van der Waals surface area contributed by atoms with Gasteiger partial charge in [0.05, 0.1) is 22.0 Å². The van der Waals surface area contributed by atoms with Gasteiger partial charge < -0.3 is 10.1 Å². The minimum atomic E-state index is -4.55. The molecule has 6 nitrogen and oxygen atoms in total. The fourth-order valence-electron chi connectivity index (χ4n) is 3.06. The van der Waals surface area contributed by atoms with Gasteiger partial charge in [-0.05, 0) is 41.8 Å². The average Bonchev–Trinajstić information content (AvgIpc) is 3.19. The van der Waals surface area contributed by atoms with Gasteiger partial charge in [0.25, 0.3) is 0 Å². The minimum Gasteiger partial charge on any atom is -0.486 e. The van der Waals surface area contributed by atoms with Crippen molar-refractivity contribution in [3.05, 3.63) is 77.1 Å². The smallest absolute Gasteiger partial charge is 0.416 e. The SMILES string of the molecule is C=CCn1c(COc2ccc(C(C)C)cc2)nnc1SCC(=O)Nc1cc(C(F)(F)F)ccc1Cl. The van der Waals surface area contributed by atoms with Crippen LogP contribution in [0, 0.1) is 0 Å². The Hall–Kier alpha value is -2.98. The molecule has 0 bridgehead atoms. The Bertz CT molecular complexity index is 1180. The molecule has 0 spiro atoms. The van der Waals surface area contributed by atoms with E-state index in [1.807, 2.05) is 24.3 Å². The summed E-state index contributed by atoms with van der Waals surface area (Å²) in [6.07, 6.45) is -2.88. The molecule has 0 fully saturated rings. The maximum absolute atomic E-state index is 13.0. The lowest BCUT2D eigenvalue weighted by molar-refractivity contribution is -0.137. The highest BCUT2D eigenvalue weighted by atomic mass is 35.5. The molecule has 0 atom stereocenters. The van der Waals surface area contributed by atoms with Gasteiger partial charge in [0, 0.05) is 6.54 Å². The molecule has 3 rings (SSSR count). The van der Waals surface area contributed by atoms with Crippen molar-refractivity contribution < 1.29 is 22.7 Å². The van der Waals surface area contributed by atoms with E-state index in [1.54, 1.807) is 10.6 Å². The van der Waals surface area contributed by atoms with E-state index in [0.29, 0.717) is 29.2 Å². The van der Waals surface area contributed by atoms with Crippen LogP contribution in [0.2, 0.25) is 5.02 Å². The summed E-state index contributed by atoms with van der Waals surface area (Å²) < 4.78 is 46.4. The Morgan fingerprint density at radius 1 is 1.23 bits per heavy atom. The zero-order valence-electron chi connectivity index (χ0n) is 19.1. The van der Waals surface area contributed by atoms with Crippen molar-refractivity contribution in [2.75, 3.05) is 11.1 Å². The largest absolute Gasteiger partial charge is 0.486 e. The van der Waals surface area contributed by atoms with E-state index in [9.17, 15) is 18.0 Å². The van der Waals surface area contributed by atoms with E-state index in [0.717, 1.165) is 30.0 Å². The fraction of sp³-hybridized carbons (Fsp3) is 0.292. The van der Waals surface area contributed by atoms with Crippen LogP contribution in [0.1, 0.15) is 36.7 Å². The van der Waals surface area contributed by atoms with Gasteiger partial charge in [0.15, 0.2) is 11.0 Å². The summed E-state index contributed by atoms with van der Waals surface area (Å²) in [4.78, 5) is 12.4. The van der Waals surface area contributed by atoms with Crippen LogP contribution in [0.3, 0.4) is 0 Å². The van der Waals surface area contributed by atoms with Gasteiger partial charge in [-0.3, -0.25) is 9.36 Å². The Balaban J connectivity index is 1.63. The molecule has 3 aromatic rings. The molecular weight excluding hydrogens is 501 g/mol. The molecule has 0 saturated heterocycles. The number of aromatic nitrogens is 3. The summed E-state index contributed by atoms with van der Waals surface area (Å²) in [5.41, 5.74) is 0.187. The first-order valence-electron chi connectivity index (χ1n) is 10.6. The van der Waals surface area contributed by atoms with Gasteiger partial charge in [-0.1, -0.05) is 55.4 Å². The molecule has 186 valence electrons. The topological polar surface area (TPSA) is 69.0 Å². The third-order valence-corrected chi connectivity index (χ3v) is 6.22. The Morgan fingerprint density at radius 3 is 2.57 bits per heavy atom. The minimum absolute atomic E-state index is 0.00651. The lowest BCUT2D eigenvalue weighted by atomic mass is 10.0. The molecule has 0 unspecified atom stereocenters. The summed E-state index contributed by atoms with van der Waals surface area (Å²) in [6.45, 7) is 8.51. The maximum atomic E-state index is 13.0. The Labute approximate surface area is 210 Å². The molecule has 1 N–H and O–H groups in total. The number of carbonyl (C=O) groups is 1. The summed E-state index contributed by atoms with van der Waals surface area (Å²) in [5.74, 6) is 1.00. The van der Waals surface area contributed by atoms with E-state index >= 15 is 0 Å². The lowest BCUT2D eigenvalue weighted by Gasteiger charge is -2.12. The molecule has 0 saturated carbocycles. The molecule has 0 aliphatic rings. The van der Waals surface area contributed by atoms with Gasteiger partial charge in [-0.25, -0.2) is 0 Å². The van der Waals surface area contributed by atoms with E-state index in [-0.39, 0.29) is 23.1 Å². The number of rotatable bonds is 10. The standard InChI is InChI=1S/C24H24ClF3N4O2S/c1-4-11-32-21(13-34-18-8-5-16(6-9-18)15(2)3)30-31-23(32)35-14-22(33)29-20-12-17(24(26,27)28)7-10-19(20)25/h4-10,12,15H,1,11,13-14H2,2-3H3,(H,29,33). The zero-order chi connectivity index (χ0) is 25.6. The summed E-state index contributed by atoms with van der Waals surface area (Å²) in [6, 6.07) is 10.5. The van der Waals surface area contributed by atoms with E-state index < -0.39 is 17.6 Å². The highest BCUT2D eigenvalue weighted by molar-refractivity contribution is 7.99. The molecule has 0 aliphatic heterocycles. The molecular formula is C24H24ClF3N4O2S. The van der Waals surface area contributed by atoms with Gasteiger partial charge in [-0.2, -0.15) is 13.2 Å². The Kier molecular flexibility index (Phi) is 8.85. The molecule has 35 heavy (non-hydrogen) atoms. The predicted molar refractivity (Wildman–Crippen MR) is 131 cm³/mol. The van der Waals surface area contributed by atoms with E-state index in [2.05, 4.69) is 35.9 Å². The zero-order valence-corrected chi connectivity index (χ0v) is 20.7. The number of halogens is 4. The predicted octanol–water partition coefficient (Wildman–Crippen LogP) is 6.57. The van der Waals surface area contributed by atoms with Gasteiger partial charge in [0.2, 0.25) is 5.91 Å². The number of thioether (sulfide) groups is 1. The second-order valence-corrected chi connectivity index (χ2v) is 9.19. The number of alkyl halides is 3. The quantitative estimate of drug-likeness (QED) is 0.240. The van der Waals surface area contributed by atoms with Crippen molar-refractivity contribution in [1.82, 2.24) is 14.8 Å². The number of benzene rings is 2. The molecule has 0 radical (unpaired) electrons. The third kappa shape index (κ3) is 7.25. The lowest BCUT2D eigenvalue weighted by Crippen LogP contribution is -2.16. The second kappa shape index (κ2) is 11.6. The fourth-order valence-corrected chi connectivity index (χ4v) is 3.99. The van der Waals surface area contributed by atoms with Crippen LogP contribution in [-0.2, 0) is 24.1 Å². The number of allylic oxidation sites excluding steroid dienone is 1. The normalized spacial score (nSPS) is 11.5. The van der Waals surface area contributed by atoms with Crippen LogP contribution in [0.4, 0.5) is 18.9 Å². The molecule has 1 aromatic heterocycles. The Morgan fingerprint density at radius 2 is 1.94 bits per heavy atom. The van der Waals surface area contributed by atoms with Crippen molar-refractivity contribution in [3.8, 4) is 5.75 Å². The van der Waals surface area contributed by atoms with Gasteiger partial charge in [0.1, 0.15) is 12.4 Å². The molecule has 0 aliphatic carbocycles. The van der Waals surface area contributed by atoms with Crippen LogP contribution in [0.5, 0.6) is 5.75 Å². The number of hydrogen-bond donors (Lipinski definition) is 1. The third-order valence-electron chi connectivity index (χ3n) is 4.92. The number of amides is 1. The molecule has 2 aromatic carbocycles. The van der Waals surface area contributed by atoms with Crippen molar-refractivity contribution in [3.63, 3.8) is 0 Å². The molecule has 1 amide bonds. The van der Waals surface area contributed by atoms with Gasteiger partial charge >= 0.3 is 6.18 Å². The van der Waals surface area contributed by atoms with E-state index in [4.69, 9.17) is 16.3 Å². The highest BCUT2D eigenvalue weighted by Gasteiger charge is 2.31. The number of nitrogens with one attached hydrogen (secondary N) is 1. The van der Waals surface area contributed by atoms with Crippen LogP contribution >= 0.6 is 23.4 Å². The number of hydrogen-bond acceptors (Lipinski definition) is 5. The van der Waals surface area contributed by atoms with Crippen LogP contribution in [0.25, 0.3) is 0 Å². The number of nitrogens with zero attached hydrogens (tertiary/aromatic N) is 3. The van der Waals surface area contributed by atoms with Crippen molar-refractivity contribution in [2.24, 2.45) is 0 Å². The molecule has 1 heterocycles. The molecule has 11 heteroatoms. The van der Waals surface area contributed by atoms with Crippen molar-refractivity contribution >= 4 is 35.0 Å². The van der Waals surface area contributed by atoms with Gasteiger partial charge in [-0.15, -0.1) is 16.8 Å². The second-order valence-electron chi connectivity index (χ2n) is 7.84. The summed E-state index contributed by atoms with van der Waals surface area (Å²) in [5, 5.41) is 11.1. The van der Waals surface area contributed by atoms with Crippen molar-refractivity contribution in [2.45, 2.75) is 44.2 Å². The monoisotopic (exact) mass is 524 g/mol. The highest BCUT2D eigenvalue weighted by Crippen LogP contribution is 2.34. The average molecular weight is 525 g/mol. The first-order chi connectivity index (χ1) is 16.6. The maximum Gasteiger partial charge on any atom is 0.416 e. The first kappa shape index (κ1) is 26.6. The van der Waals surface area contributed by atoms with Crippen molar-refractivity contribution in [1.29, 1.82) is 0 Å². The summed E-state index contributed by atoms with van der Waals surface area (Å²) >= 11 is 7.03. The van der Waals surface area contributed by atoms with E-state index in [1.165, 1.54) is 5.56 Å². The number of ether oxygens (including phenoxy) is 1. The van der Waals surface area contributed by atoms with Crippen LogP contribution in [0.15, 0.2) is 60.3 Å². The van der Waals surface area contributed by atoms with Crippen LogP contribution < -0.4 is 10.1 Å². The first-order valence-corrected chi connectivity index (χ1v) is 12.0.